The Labute approximate surface area is 178 Å². The first kappa shape index (κ1) is 19.1. The van der Waals surface area contributed by atoms with Gasteiger partial charge in [-0.25, -0.2) is 9.78 Å². The van der Waals surface area contributed by atoms with Crippen LogP contribution in [0.15, 0.2) is 83.5 Å². The number of pyridine rings is 1. The number of fused-ring (bicyclic) bond motifs is 1. The molecule has 4 aromatic rings. The van der Waals surface area contributed by atoms with Crippen molar-refractivity contribution < 1.29 is 18.7 Å². The molecule has 0 bridgehead atoms. The zero-order valence-electron chi connectivity index (χ0n) is 16.7. The number of nitrogens with one attached hydrogen (secondary N) is 1. The molecule has 0 saturated heterocycles. The van der Waals surface area contributed by atoms with Crippen molar-refractivity contribution in [1.82, 2.24) is 10.3 Å². The second kappa shape index (κ2) is 8.07. The molecule has 1 N–H and O–H groups in total. The highest BCUT2D eigenvalue weighted by Gasteiger charge is 2.31. The Morgan fingerprint density at radius 1 is 1.00 bits per heavy atom. The molecule has 2 aromatic heterocycles. The Balaban J connectivity index is 1.52. The van der Waals surface area contributed by atoms with Crippen molar-refractivity contribution in [3.63, 3.8) is 0 Å². The van der Waals surface area contributed by atoms with Crippen LogP contribution in [0.3, 0.4) is 0 Å². The van der Waals surface area contributed by atoms with Gasteiger partial charge in [0, 0.05) is 17.0 Å². The minimum Gasteiger partial charge on any atom is -0.463 e. The molecule has 0 aliphatic heterocycles. The number of ether oxygens (including phenoxy) is 1. The summed E-state index contributed by atoms with van der Waals surface area (Å²) in [6, 6.07) is 21.7. The molecule has 1 atom stereocenters. The second-order valence-electron chi connectivity index (χ2n) is 7.53. The summed E-state index contributed by atoms with van der Waals surface area (Å²) in [4.78, 5) is 30.8. The molecule has 154 valence electrons. The maximum Gasteiger partial charge on any atom is 0.340 e. The van der Waals surface area contributed by atoms with Crippen LogP contribution in [0, 0.1) is 0 Å². The van der Waals surface area contributed by atoms with Gasteiger partial charge in [-0.2, -0.15) is 0 Å². The van der Waals surface area contributed by atoms with Gasteiger partial charge in [0.1, 0.15) is 5.69 Å². The Bertz CT molecular complexity index is 1230. The van der Waals surface area contributed by atoms with Crippen molar-refractivity contribution in [1.29, 1.82) is 0 Å². The van der Waals surface area contributed by atoms with E-state index in [9.17, 15) is 9.59 Å². The van der Waals surface area contributed by atoms with Gasteiger partial charge < -0.3 is 14.5 Å². The summed E-state index contributed by atoms with van der Waals surface area (Å²) in [5.41, 5.74) is 2.12. The van der Waals surface area contributed by atoms with E-state index in [1.807, 2.05) is 42.5 Å². The molecule has 2 aromatic carbocycles. The molecule has 1 fully saturated rings. The Hall–Kier alpha value is -3.93. The number of carbonyl (C=O) groups excluding carboxylic acids is 2. The summed E-state index contributed by atoms with van der Waals surface area (Å²) < 4.78 is 11.2. The van der Waals surface area contributed by atoms with Gasteiger partial charge in [-0.15, -0.1) is 0 Å². The van der Waals surface area contributed by atoms with Gasteiger partial charge in [0.05, 0.1) is 17.3 Å². The highest BCUT2D eigenvalue weighted by Crippen LogP contribution is 2.28. The van der Waals surface area contributed by atoms with Crippen molar-refractivity contribution in [2.45, 2.75) is 25.0 Å². The molecule has 1 amide bonds. The SMILES string of the molecule is O=C(O[C@@H](C(=O)NC1CC1)c1ccccc1)c1cc(-c2ccco2)nc2ccccc12. The number of esters is 1. The van der Waals surface area contributed by atoms with Crippen LogP contribution < -0.4 is 5.32 Å². The third-order valence-corrected chi connectivity index (χ3v) is 5.20. The summed E-state index contributed by atoms with van der Waals surface area (Å²) in [5, 5.41) is 3.59. The van der Waals surface area contributed by atoms with Crippen LogP contribution in [0.1, 0.15) is 34.9 Å². The third-order valence-electron chi connectivity index (χ3n) is 5.20. The molecular weight excluding hydrogens is 392 g/mol. The quantitative estimate of drug-likeness (QED) is 0.466. The van der Waals surface area contributed by atoms with Gasteiger partial charge in [0.15, 0.2) is 5.76 Å². The lowest BCUT2D eigenvalue weighted by molar-refractivity contribution is -0.130. The third kappa shape index (κ3) is 4.05. The molecule has 5 rings (SSSR count). The van der Waals surface area contributed by atoms with Crippen LogP contribution >= 0.6 is 0 Å². The standard InChI is InChI=1S/C25H20N2O4/c28-24(26-17-12-13-17)23(16-7-2-1-3-8-16)31-25(29)19-15-21(22-11-6-14-30-22)27-20-10-5-4-9-18(19)20/h1-11,14-15,17,23H,12-13H2,(H,26,28)/t23-/m1/s1. The van der Waals surface area contributed by atoms with E-state index in [1.165, 1.54) is 0 Å². The number of nitrogens with zero attached hydrogens (tertiary/aromatic N) is 1. The average Bonchev–Trinajstić information content (AvgIpc) is 3.44. The smallest absolute Gasteiger partial charge is 0.340 e. The van der Waals surface area contributed by atoms with Gasteiger partial charge >= 0.3 is 5.97 Å². The molecule has 6 heteroatoms. The second-order valence-corrected chi connectivity index (χ2v) is 7.53. The maximum atomic E-state index is 13.3. The first-order valence-electron chi connectivity index (χ1n) is 10.2. The van der Waals surface area contributed by atoms with E-state index in [0.717, 1.165) is 12.8 Å². The number of hydrogen-bond donors (Lipinski definition) is 1. The first-order valence-corrected chi connectivity index (χ1v) is 10.2. The fraction of sp³-hybridized carbons (Fsp3) is 0.160. The van der Waals surface area contributed by atoms with Crippen molar-refractivity contribution in [2.24, 2.45) is 0 Å². The monoisotopic (exact) mass is 412 g/mol. The zero-order chi connectivity index (χ0) is 21.2. The first-order chi connectivity index (χ1) is 15.2. The zero-order valence-corrected chi connectivity index (χ0v) is 16.7. The van der Waals surface area contributed by atoms with E-state index in [2.05, 4.69) is 10.3 Å². The molecule has 0 unspecified atom stereocenters. The number of benzene rings is 2. The number of para-hydroxylation sites is 1. The van der Waals surface area contributed by atoms with Crippen LogP contribution in [0.4, 0.5) is 0 Å². The highest BCUT2D eigenvalue weighted by molar-refractivity contribution is 6.05. The molecule has 2 heterocycles. The molecule has 31 heavy (non-hydrogen) atoms. The van der Waals surface area contributed by atoms with E-state index >= 15 is 0 Å². The van der Waals surface area contributed by atoms with Gasteiger partial charge in [-0.05, 0) is 37.1 Å². The van der Waals surface area contributed by atoms with Crippen LogP contribution in [0.5, 0.6) is 0 Å². The lowest BCUT2D eigenvalue weighted by Crippen LogP contribution is -2.33. The highest BCUT2D eigenvalue weighted by atomic mass is 16.5. The number of hydrogen-bond acceptors (Lipinski definition) is 5. The van der Waals surface area contributed by atoms with Crippen molar-refractivity contribution >= 4 is 22.8 Å². The van der Waals surface area contributed by atoms with Crippen molar-refractivity contribution in [3.05, 3.63) is 90.2 Å². The Morgan fingerprint density at radius 3 is 2.52 bits per heavy atom. The average molecular weight is 412 g/mol. The molecule has 1 aliphatic rings. The van der Waals surface area contributed by atoms with Crippen LogP contribution in [0.2, 0.25) is 0 Å². The van der Waals surface area contributed by atoms with Crippen molar-refractivity contribution in [3.8, 4) is 11.5 Å². The molecule has 1 saturated carbocycles. The van der Waals surface area contributed by atoms with Gasteiger partial charge in [-0.3, -0.25) is 4.79 Å². The van der Waals surface area contributed by atoms with Crippen molar-refractivity contribution in [2.75, 3.05) is 0 Å². The van der Waals surface area contributed by atoms with Crippen LogP contribution in [0.25, 0.3) is 22.4 Å². The molecule has 0 radical (unpaired) electrons. The molecule has 1 aliphatic carbocycles. The minimum absolute atomic E-state index is 0.157. The number of rotatable bonds is 6. The van der Waals surface area contributed by atoms with Gasteiger partial charge in [0.2, 0.25) is 6.10 Å². The lowest BCUT2D eigenvalue weighted by Gasteiger charge is -2.18. The van der Waals surface area contributed by atoms with E-state index < -0.39 is 12.1 Å². The summed E-state index contributed by atoms with van der Waals surface area (Å²) >= 11 is 0. The van der Waals surface area contributed by atoms with Gasteiger partial charge in [-0.1, -0.05) is 48.5 Å². The predicted octanol–water partition coefficient (Wildman–Crippen LogP) is 4.67. The summed E-state index contributed by atoms with van der Waals surface area (Å²) in [6.07, 6.45) is 2.41. The fourth-order valence-corrected chi connectivity index (χ4v) is 3.47. The van der Waals surface area contributed by atoms with Gasteiger partial charge in [0.25, 0.3) is 5.91 Å². The van der Waals surface area contributed by atoms with Crippen LogP contribution in [-0.4, -0.2) is 22.9 Å². The number of amides is 1. The summed E-state index contributed by atoms with van der Waals surface area (Å²) in [7, 11) is 0. The summed E-state index contributed by atoms with van der Waals surface area (Å²) in [5.74, 6) is -0.358. The fourth-order valence-electron chi connectivity index (χ4n) is 3.47. The Morgan fingerprint density at radius 2 is 1.77 bits per heavy atom. The largest absolute Gasteiger partial charge is 0.463 e. The topological polar surface area (TPSA) is 81.4 Å². The predicted molar refractivity (Wildman–Crippen MR) is 115 cm³/mol. The number of carbonyl (C=O) groups is 2. The van der Waals surface area contributed by atoms with Crippen LogP contribution in [-0.2, 0) is 9.53 Å². The maximum absolute atomic E-state index is 13.3. The number of furan rings is 1. The van der Waals surface area contributed by atoms with E-state index in [1.54, 1.807) is 36.6 Å². The van der Waals surface area contributed by atoms with E-state index in [0.29, 0.717) is 33.5 Å². The lowest BCUT2D eigenvalue weighted by atomic mass is 10.1. The van der Waals surface area contributed by atoms with E-state index in [-0.39, 0.29) is 11.9 Å². The molecule has 6 nitrogen and oxygen atoms in total. The minimum atomic E-state index is -1.03. The normalized spacial score (nSPS) is 14.2. The van der Waals surface area contributed by atoms with E-state index in [4.69, 9.17) is 9.15 Å². The molecular formula is C25H20N2O4. The Kier molecular flexibility index (Phi) is 4.96. The molecule has 0 spiro atoms. The number of aromatic nitrogens is 1. The summed E-state index contributed by atoms with van der Waals surface area (Å²) in [6.45, 7) is 0.